The maximum absolute atomic E-state index is 13.3. The molecule has 3 aromatic carbocycles. The maximum atomic E-state index is 13.3. The zero-order valence-corrected chi connectivity index (χ0v) is 17.0. The van der Waals surface area contributed by atoms with Crippen LogP contribution in [0.4, 0.5) is 10.1 Å². The highest BCUT2D eigenvalue weighted by molar-refractivity contribution is 6.37. The fourth-order valence-electron chi connectivity index (χ4n) is 3.19. The van der Waals surface area contributed by atoms with Gasteiger partial charge in [0.1, 0.15) is 11.5 Å². The number of benzene rings is 3. The van der Waals surface area contributed by atoms with Crippen LogP contribution < -0.4 is 5.32 Å². The summed E-state index contributed by atoms with van der Waals surface area (Å²) in [5, 5.41) is 3.95. The molecule has 30 heavy (non-hydrogen) atoms. The van der Waals surface area contributed by atoms with E-state index in [1.54, 1.807) is 48.5 Å². The molecule has 1 N–H and O–H groups in total. The summed E-state index contributed by atoms with van der Waals surface area (Å²) in [6, 6.07) is 19.2. The molecule has 0 fully saturated rings. The largest absolute Gasteiger partial charge is 0.350 e. The van der Waals surface area contributed by atoms with Crippen molar-refractivity contribution in [1.82, 2.24) is 4.90 Å². The Balaban J connectivity index is 1.74. The first kappa shape index (κ1) is 20.1. The number of nitrogens with one attached hydrogen (secondary N) is 1. The van der Waals surface area contributed by atoms with Crippen LogP contribution in [-0.2, 0) is 16.1 Å². The summed E-state index contributed by atoms with van der Waals surface area (Å²) in [6.45, 7) is 0.0308. The van der Waals surface area contributed by atoms with Crippen molar-refractivity contribution in [3.63, 3.8) is 0 Å². The van der Waals surface area contributed by atoms with Gasteiger partial charge < -0.3 is 5.32 Å². The molecule has 4 rings (SSSR count). The average molecular weight is 441 g/mol. The molecule has 3 aromatic rings. The first-order chi connectivity index (χ1) is 14.4. The smallest absolute Gasteiger partial charge is 0.278 e. The van der Waals surface area contributed by atoms with Gasteiger partial charge >= 0.3 is 0 Å². The minimum absolute atomic E-state index is 0.0308. The molecule has 0 atom stereocenters. The lowest BCUT2D eigenvalue weighted by molar-refractivity contribution is -0.137. The Hall–Kier alpha value is -3.15. The van der Waals surface area contributed by atoms with E-state index in [9.17, 15) is 14.0 Å². The monoisotopic (exact) mass is 440 g/mol. The van der Waals surface area contributed by atoms with Gasteiger partial charge in [-0.05, 0) is 53.6 Å². The molecule has 1 aliphatic heterocycles. The predicted molar refractivity (Wildman–Crippen MR) is 115 cm³/mol. The second kappa shape index (κ2) is 8.30. The van der Waals surface area contributed by atoms with E-state index in [-0.39, 0.29) is 17.8 Å². The van der Waals surface area contributed by atoms with E-state index in [1.165, 1.54) is 24.3 Å². The van der Waals surface area contributed by atoms with Gasteiger partial charge in [-0.3, -0.25) is 14.5 Å². The quantitative estimate of drug-likeness (QED) is 0.531. The van der Waals surface area contributed by atoms with Crippen LogP contribution in [0, 0.1) is 5.82 Å². The van der Waals surface area contributed by atoms with Gasteiger partial charge in [0.05, 0.1) is 12.1 Å². The second-order valence-corrected chi connectivity index (χ2v) is 7.52. The summed E-state index contributed by atoms with van der Waals surface area (Å²) in [5.41, 5.74) is 2.01. The van der Waals surface area contributed by atoms with E-state index < -0.39 is 17.6 Å². The van der Waals surface area contributed by atoms with Gasteiger partial charge in [0.25, 0.3) is 11.8 Å². The number of nitrogens with zero attached hydrogens (tertiary/aromatic N) is 1. The molecule has 2 amide bonds. The van der Waals surface area contributed by atoms with Crippen LogP contribution in [0.15, 0.2) is 78.5 Å². The Labute approximate surface area is 182 Å². The van der Waals surface area contributed by atoms with E-state index in [4.69, 9.17) is 23.2 Å². The van der Waals surface area contributed by atoms with Crippen LogP contribution in [0.1, 0.15) is 11.1 Å². The Kier molecular flexibility index (Phi) is 5.57. The third-order valence-corrected chi connectivity index (χ3v) is 5.32. The topological polar surface area (TPSA) is 49.4 Å². The number of amides is 2. The molecule has 0 aliphatic carbocycles. The highest BCUT2D eigenvalue weighted by Gasteiger charge is 2.39. The minimum Gasteiger partial charge on any atom is -0.350 e. The fourth-order valence-corrected chi connectivity index (χ4v) is 3.52. The summed E-state index contributed by atoms with van der Waals surface area (Å²) < 4.78 is 13.3. The molecular weight excluding hydrogens is 426 g/mol. The van der Waals surface area contributed by atoms with Gasteiger partial charge in [0, 0.05) is 15.7 Å². The Morgan fingerprint density at radius 3 is 2.17 bits per heavy atom. The molecule has 0 bridgehead atoms. The zero-order valence-electron chi connectivity index (χ0n) is 15.5. The molecule has 0 spiro atoms. The fraction of sp³-hybridized carbons (Fsp3) is 0.0435. The Morgan fingerprint density at radius 1 is 0.833 bits per heavy atom. The summed E-state index contributed by atoms with van der Waals surface area (Å²) in [4.78, 5) is 27.6. The van der Waals surface area contributed by atoms with Gasteiger partial charge in [-0.25, -0.2) is 4.39 Å². The number of halogens is 3. The van der Waals surface area contributed by atoms with E-state index in [2.05, 4.69) is 5.32 Å². The highest BCUT2D eigenvalue weighted by atomic mass is 35.5. The maximum Gasteiger partial charge on any atom is 0.278 e. The number of carbonyl (C=O) groups excluding carboxylic acids is 2. The molecule has 1 aliphatic rings. The van der Waals surface area contributed by atoms with Gasteiger partial charge in [0.15, 0.2) is 0 Å². The minimum atomic E-state index is -0.491. The number of anilines is 1. The second-order valence-electron chi connectivity index (χ2n) is 6.68. The number of carbonyl (C=O) groups is 2. The molecule has 0 aromatic heterocycles. The molecule has 7 heteroatoms. The SMILES string of the molecule is O=C1C(Nc2ccc(F)cc2)=C(c2ccc(Cl)cc2)C(=O)N1Cc1ccccc1Cl. The highest BCUT2D eigenvalue weighted by Crippen LogP contribution is 2.33. The van der Waals surface area contributed by atoms with Crippen LogP contribution in [-0.4, -0.2) is 16.7 Å². The molecule has 4 nitrogen and oxygen atoms in total. The zero-order chi connectivity index (χ0) is 21.3. The average Bonchev–Trinajstić information content (AvgIpc) is 2.96. The standard InChI is InChI=1S/C23H15Cl2FN2O2/c24-16-7-5-14(6-8-16)20-21(27-18-11-9-17(26)10-12-18)23(30)28(22(20)29)13-15-3-1-2-4-19(15)25/h1-12,27H,13H2. The van der Waals surface area contributed by atoms with Gasteiger partial charge in [0.2, 0.25) is 0 Å². The summed E-state index contributed by atoms with van der Waals surface area (Å²) in [5.74, 6) is -1.34. The lowest BCUT2D eigenvalue weighted by atomic mass is 10.0. The normalized spacial score (nSPS) is 13.9. The molecular formula is C23H15Cl2FN2O2. The molecule has 0 saturated carbocycles. The lowest BCUT2D eigenvalue weighted by Gasteiger charge is -2.16. The van der Waals surface area contributed by atoms with Crippen LogP contribution in [0.2, 0.25) is 10.0 Å². The number of hydrogen-bond donors (Lipinski definition) is 1. The van der Waals surface area contributed by atoms with Crippen molar-refractivity contribution in [3.8, 4) is 0 Å². The molecule has 1 heterocycles. The van der Waals surface area contributed by atoms with E-state index >= 15 is 0 Å². The Bertz CT molecular complexity index is 1160. The van der Waals surface area contributed by atoms with Crippen LogP contribution in [0.5, 0.6) is 0 Å². The molecule has 150 valence electrons. The van der Waals surface area contributed by atoms with Crippen molar-refractivity contribution in [2.75, 3.05) is 5.32 Å². The van der Waals surface area contributed by atoms with Crippen molar-refractivity contribution in [1.29, 1.82) is 0 Å². The van der Waals surface area contributed by atoms with Crippen LogP contribution in [0.25, 0.3) is 5.57 Å². The summed E-state index contributed by atoms with van der Waals surface area (Å²) >= 11 is 12.2. The predicted octanol–water partition coefficient (Wildman–Crippen LogP) is 5.52. The van der Waals surface area contributed by atoms with Gasteiger partial charge in [-0.1, -0.05) is 53.5 Å². The number of hydrogen-bond acceptors (Lipinski definition) is 3. The third-order valence-electron chi connectivity index (χ3n) is 4.70. The molecule has 0 radical (unpaired) electrons. The van der Waals surface area contributed by atoms with Crippen LogP contribution in [0.3, 0.4) is 0 Å². The van der Waals surface area contributed by atoms with Crippen molar-refractivity contribution in [2.45, 2.75) is 6.54 Å². The lowest BCUT2D eigenvalue weighted by Crippen LogP contribution is -2.32. The van der Waals surface area contributed by atoms with Gasteiger partial charge in [-0.2, -0.15) is 0 Å². The number of rotatable bonds is 5. The third kappa shape index (κ3) is 3.95. The van der Waals surface area contributed by atoms with Gasteiger partial charge in [-0.15, -0.1) is 0 Å². The summed E-state index contributed by atoms with van der Waals surface area (Å²) in [6.07, 6.45) is 0. The van der Waals surface area contributed by atoms with Crippen molar-refractivity contribution in [3.05, 3.63) is 105 Å². The molecule has 0 saturated heterocycles. The van der Waals surface area contributed by atoms with Crippen LogP contribution >= 0.6 is 23.2 Å². The van der Waals surface area contributed by atoms with E-state index in [1.807, 2.05) is 0 Å². The first-order valence-corrected chi connectivity index (χ1v) is 9.82. The molecule has 0 unspecified atom stereocenters. The first-order valence-electron chi connectivity index (χ1n) is 9.06. The summed E-state index contributed by atoms with van der Waals surface area (Å²) in [7, 11) is 0. The van der Waals surface area contributed by atoms with Crippen molar-refractivity contribution >= 4 is 46.3 Å². The Morgan fingerprint density at radius 2 is 1.50 bits per heavy atom. The van der Waals surface area contributed by atoms with Crippen molar-refractivity contribution < 1.29 is 14.0 Å². The van der Waals surface area contributed by atoms with E-state index in [0.29, 0.717) is 26.9 Å². The van der Waals surface area contributed by atoms with Crippen molar-refractivity contribution in [2.24, 2.45) is 0 Å². The van der Waals surface area contributed by atoms with E-state index in [0.717, 1.165) is 4.90 Å². The number of imide groups is 1.